The molecule has 1 saturated carbocycles. The minimum Gasteiger partial charge on any atom is -0.497 e. The van der Waals surface area contributed by atoms with Crippen molar-refractivity contribution in [3.63, 3.8) is 0 Å². The highest BCUT2D eigenvalue weighted by Gasteiger charge is 2.28. The van der Waals surface area contributed by atoms with Crippen molar-refractivity contribution in [3.8, 4) is 11.5 Å². The zero-order valence-corrected chi connectivity index (χ0v) is 21.8. The van der Waals surface area contributed by atoms with E-state index in [1.165, 1.54) is 17.8 Å². The van der Waals surface area contributed by atoms with Gasteiger partial charge in [0.25, 0.3) is 5.56 Å². The van der Waals surface area contributed by atoms with E-state index in [0.29, 0.717) is 38.1 Å². The van der Waals surface area contributed by atoms with Crippen LogP contribution in [0, 0.1) is 11.8 Å². The Morgan fingerprint density at radius 3 is 2.66 bits per heavy atom. The van der Waals surface area contributed by atoms with Gasteiger partial charge in [-0.15, -0.1) is 11.3 Å². The van der Waals surface area contributed by atoms with Crippen molar-refractivity contribution < 1.29 is 23.8 Å². The quantitative estimate of drug-likeness (QED) is 0.555. The number of aromatic nitrogens is 1. The molecule has 190 valence electrons. The van der Waals surface area contributed by atoms with Crippen molar-refractivity contribution in [1.82, 2.24) is 9.88 Å². The lowest BCUT2D eigenvalue weighted by molar-refractivity contribution is -0.135. The standard InChI is InChI=1S/C26H34N2O6S/c1-6-34-25(30)14-24-28(15-23(29)27-20-9-7-8-16(2)17(20)3)26(31)22(35-24)12-18-10-11-19(32-4)13-21(18)33-5/h10-14,16-17,20H,6-9,15H2,1-5H3,(H,27,29)/b22-12+,24-14-/t16-,17+,20-/m1/s1. The molecule has 2 aromatic rings. The molecular weight excluding hydrogens is 468 g/mol. The fourth-order valence-corrected chi connectivity index (χ4v) is 5.36. The summed E-state index contributed by atoms with van der Waals surface area (Å²) < 4.78 is 17.8. The molecule has 3 atom stereocenters. The number of benzene rings is 1. The number of methoxy groups -OCH3 is 2. The van der Waals surface area contributed by atoms with Gasteiger partial charge in [0.15, 0.2) is 0 Å². The zero-order chi connectivity index (χ0) is 25.5. The SMILES string of the molecule is CCOC(=O)/C=c1\s/c(=C/c2ccc(OC)cc2OC)c(=O)n1CC(=O)N[C@@H]1CCC[C@@H](C)[C@@H]1C. The molecule has 0 aliphatic heterocycles. The Balaban J connectivity index is 1.99. The Kier molecular flexibility index (Phi) is 9.14. The summed E-state index contributed by atoms with van der Waals surface area (Å²) in [4.78, 5) is 38.4. The van der Waals surface area contributed by atoms with Crippen LogP contribution >= 0.6 is 11.3 Å². The highest BCUT2D eigenvalue weighted by molar-refractivity contribution is 7.07. The number of esters is 1. The van der Waals surface area contributed by atoms with Crippen LogP contribution in [0.2, 0.25) is 0 Å². The lowest BCUT2D eigenvalue weighted by Gasteiger charge is -2.34. The number of rotatable bonds is 8. The lowest BCUT2D eigenvalue weighted by atomic mass is 9.78. The van der Waals surface area contributed by atoms with Crippen LogP contribution in [0.25, 0.3) is 12.2 Å². The monoisotopic (exact) mass is 502 g/mol. The van der Waals surface area contributed by atoms with Gasteiger partial charge in [-0.1, -0.05) is 26.7 Å². The van der Waals surface area contributed by atoms with Crippen LogP contribution in [-0.2, 0) is 20.9 Å². The van der Waals surface area contributed by atoms with Gasteiger partial charge >= 0.3 is 5.97 Å². The van der Waals surface area contributed by atoms with Crippen LogP contribution in [0.3, 0.4) is 0 Å². The number of amides is 1. The largest absolute Gasteiger partial charge is 0.497 e. The van der Waals surface area contributed by atoms with Gasteiger partial charge in [0.2, 0.25) is 5.91 Å². The number of nitrogens with one attached hydrogen (secondary N) is 1. The number of hydrogen-bond donors (Lipinski definition) is 1. The van der Waals surface area contributed by atoms with Gasteiger partial charge in [0, 0.05) is 17.7 Å². The van der Waals surface area contributed by atoms with Gasteiger partial charge in [-0.2, -0.15) is 0 Å². The summed E-state index contributed by atoms with van der Waals surface area (Å²) in [6.07, 6.45) is 6.10. The van der Waals surface area contributed by atoms with Crippen molar-refractivity contribution in [2.75, 3.05) is 20.8 Å². The van der Waals surface area contributed by atoms with Crippen LogP contribution in [0.4, 0.5) is 0 Å². The maximum atomic E-state index is 13.3. The zero-order valence-electron chi connectivity index (χ0n) is 21.0. The first-order valence-electron chi connectivity index (χ1n) is 11.9. The van der Waals surface area contributed by atoms with E-state index in [-0.39, 0.29) is 30.7 Å². The molecule has 0 unspecified atom stereocenters. The number of thiazole rings is 1. The van der Waals surface area contributed by atoms with E-state index in [4.69, 9.17) is 14.2 Å². The Morgan fingerprint density at radius 1 is 1.20 bits per heavy atom. The fourth-order valence-electron chi connectivity index (χ4n) is 4.34. The maximum absolute atomic E-state index is 13.3. The summed E-state index contributed by atoms with van der Waals surface area (Å²) in [5.74, 6) is 1.25. The molecule has 1 fully saturated rings. The molecule has 1 aromatic carbocycles. The Labute approximate surface area is 209 Å². The summed E-state index contributed by atoms with van der Waals surface area (Å²) in [5, 5.41) is 3.10. The average Bonchev–Trinajstić information content (AvgIpc) is 3.11. The molecule has 3 rings (SSSR count). The van der Waals surface area contributed by atoms with Crippen LogP contribution < -0.4 is 29.5 Å². The van der Waals surface area contributed by atoms with Crippen molar-refractivity contribution in [1.29, 1.82) is 0 Å². The van der Waals surface area contributed by atoms with Crippen LogP contribution in [0.15, 0.2) is 23.0 Å². The predicted molar refractivity (Wildman–Crippen MR) is 136 cm³/mol. The van der Waals surface area contributed by atoms with Crippen molar-refractivity contribution >= 4 is 35.4 Å². The second kappa shape index (κ2) is 12.1. The van der Waals surface area contributed by atoms with E-state index >= 15 is 0 Å². The summed E-state index contributed by atoms with van der Waals surface area (Å²) in [7, 11) is 3.10. The van der Waals surface area contributed by atoms with Gasteiger partial charge < -0.3 is 19.5 Å². The molecule has 0 radical (unpaired) electrons. The summed E-state index contributed by atoms with van der Waals surface area (Å²) in [6, 6.07) is 5.36. The molecule has 1 heterocycles. The Morgan fingerprint density at radius 2 is 1.97 bits per heavy atom. The summed E-state index contributed by atoms with van der Waals surface area (Å²) in [5.41, 5.74) is 0.319. The maximum Gasteiger partial charge on any atom is 0.333 e. The van der Waals surface area contributed by atoms with Gasteiger partial charge in [0.05, 0.1) is 31.4 Å². The van der Waals surface area contributed by atoms with Gasteiger partial charge in [-0.25, -0.2) is 4.79 Å². The molecule has 0 spiro atoms. The Bertz CT molecular complexity index is 1230. The molecule has 35 heavy (non-hydrogen) atoms. The fraction of sp³-hybridized carbons (Fsp3) is 0.500. The topological polar surface area (TPSA) is 95.9 Å². The van der Waals surface area contributed by atoms with Crippen LogP contribution in [-0.4, -0.2) is 43.3 Å². The first kappa shape index (κ1) is 26.5. The number of carbonyl (C=O) groups excluding carboxylic acids is 2. The molecule has 0 bridgehead atoms. The smallest absolute Gasteiger partial charge is 0.333 e. The second-order valence-electron chi connectivity index (χ2n) is 8.79. The molecule has 1 aromatic heterocycles. The number of nitrogens with zero attached hydrogens (tertiary/aromatic N) is 1. The van der Waals surface area contributed by atoms with E-state index < -0.39 is 5.97 Å². The number of hydrogen-bond acceptors (Lipinski definition) is 7. The third kappa shape index (κ3) is 6.54. The first-order chi connectivity index (χ1) is 16.8. The molecule has 8 nitrogen and oxygen atoms in total. The molecule has 1 N–H and O–H groups in total. The molecule has 1 aliphatic carbocycles. The third-order valence-electron chi connectivity index (χ3n) is 6.55. The van der Waals surface area contributed by atoms with Crippen molar-refractivity contribution in [2.45, 2.75) is 52.6 Å². The average molecular weight is 503 g/mol. The van der Waals surface area contributed by atoms with Gasteiger partial charge in [-0.05, 0) is 43.4 Å². The minimum atomic E-state index is -0.564. The van der Waals surface area contributed by atoms with Crippen LogP contribution in [0.5, 0.6) is 11.5 Å². The molecule has 0 saturated heterocycles. The lowest BCUT2D eigenvalue weighted by Crippen LogP contribution is -2.46. The minimum absolute atomic E-state index is 0.0765. The molecule has 9 heteroatoms. The molecule has 1 aliphatic rings. The van der Waals surface area contributed by atoms with Crippen molar-refractivity contribution in [2.24, 2.45) is 11.8 Å². The summed E-state index contributed by atoms with van der Waals surface area (Å²) in [6.45, 7) is 6.11. The van der Waals surface area contributed by atoms with E-state index in [1.54, 1.807) is 38.3 Å². The number of carbonyl (C=O) groups is 2. The highest BCUT2D eigenvalue weighted by Crippen LogP contribution is 2.29. The van der Waals surface area contributed by atoms with E-state index in [2.05, 4.69) is 19.2 Å². The third-order valence-corrected chi connectivity index (χ3v) is 7.61. The molecule has 1 amide bonds. The first-order valence-corrected chi connectivity index (χ1v) is 12.7. The van der Waals surface area contributed by atoms with Crippen molar-refractivity contribution in [3.05, 3.63) is 43.3 Å². The Hall–Kier alpha value is -3.07. The van der Waals surface area contributed by atoms with E-state index in [0.717, 1.165) is 30.6 Å². The van der Waals surface area contributed by atoms with Gasteiger partial charge in [-0.3, -0.25) is 14.2 Å². The summed E-state index contributed by atoms with van der Waals surface area (Å²) >= 11 is 1.13. The molecular formula is C26H34N2O6S. The normalized spacial score (nSPS) is 21.0. The number of ether oxygens (including phenoxy) is 3. The second-order valence-corrected chi connectivity index (χ2v) is 9.85. The van der Waals surface area contributed by atoms with E-state index in [9.17, 15) is 14.4 Å². The van der Waals surface area contributed by atoms with Crippen LogP contribution in [0.1, 0.15) is 45.6 Å². The van der Waals surface area contributed by atoms with E-state index in [1.807, 2.05) is 0 Å². The predicted octanol–water partition coefficient (Wildman–Crippen LogP) is 2.04. The highest BCUT2D eigenvalue weighted by atomic mass is 32.1. The van der Waals surface area contributed by atoms with Gasteiger partial charge in [0.1, 0.15) is 22.7 Å².